The van der Waals surface area contributed by atoms with E-state index in [0.717, 1.165) is 18.7 Å². The molecule has 1 aromatic rings. The van der Waals surface area contributed by atoms with E-state index in [4.69, 9.17) is 0 Å². The van der Waals surface area contributed by atoms with Crippen molar-refractivity contribution in [3.63, 3.8) is 0 Å². The summed E-state index contributed by atoms with van der Waals surface area (Å²) < 4.78 is 0. The molecule has 20 heavy (non-hydrogen) atoms. The monoisotopic (exact) mass is 275 g/mol. The number of carbonyl (C=O) groups is 2. The molecule has 0 aromatic heterocycles. The van der Waals surface area contributed by atoms with Crippen LogP contribution in [-0.4, -0.2) is 60.9 Å². The second-order valence-electron chi connectivity index (χ2n) is 4.98. The lowest BCUT2D eigenvalue weighted by molar-refractivity contribution is -0.125. The van der Waals surface area contributed by atoms with E-state index in [9.17, 15) is 9.59 Å². The van der Waals surface area contributed by atoms with Gasteiger partial charge in [0.15, 0.2) is 0 Å². The molecule has 1 aliphatic heterocycles. The Bertz CT molecular complexity index is 467. The Morgan fingerprint density at radius 1 is 1.10 bits per heavy atom. The highest BCUT2D eigenvalue weighted by Gasteiger charge is 2.27. The normalized spacial score (nSPS) is 17.6. The summed E-state index contributed by atoms with van der Waals surface area (Å²) in [6.45, 7) is 4.68. The van der Waals surface area contributed by atoms with Crippen molar-refractivity contribution < 1.29 is 9.59 Å². The second kappa shape index (κ2) is 6.52. The molecule has 5 heteroatoms. The highest BCUT2D eigenvalue weighted by Crippen LogP contribution is 2.10. The minimum absolute atomic E-state index is 0.0211. The number of nitrogens with zero attached hydrogens (tertiary/aromatic N) is 2. The zero-order chi connectivity index (χ0) is 14.5. The van der Waals surface area contributed by atoms with Gasteiger partial charge in [0, 0.05) is 38.8 Å². The number of rotatable bonds is 3. The quantitative estimate of drug-likeness (QED) is 0.878. The van der Waals surface area contributed by atoms with E-state index in [1.54, 1.807) is 7.05 Å². The van der Waals surface area contributed by atoms with Crippen molar-refractivity contribution in [3.8, 4) is 0 Å². The van der Waals surface area contributed by atoms with Gasteiger partial charge >= 0.3 is 0 Å². The maximum absolute atomic E-state index is 12.3. The number of carbonyl (C=O) groups excluding carboxylic acids is 2. The highest BCUT2D eigenvalue weighted by molar-refractivity contribution is 5.94. The lowest BCUT2D eigenvalue weighted by Crippen LogP contribution is -2.54. The number of benzene rings is 1. The molecule has 1 atom stereocenters. The molecule has 108 valence electrons. The Morgan fingerprint density at radius 3 is 2.25 bits per heavy atom. The van der Waals surface area contributed by atoms with Crippen molar-refractivity contribution >= 4 is 11.8 Å². The molecule has 2 amide bonds. The first-order valence-corrected chi connectivity index (χ1v) is 6.93. The van der Waals surface area contributed by atoms with Crippen LogP contribution in [0.1, 0.15) is 17.3 Å². The molecular weight excluding hydrogens is 254 g/mol. The van der Waals surface area contributed by atoms with Crippen LogP contribution < -0.4 is 5.32 Å². The number of hydrogen-bond donors (Lipinski definition) is 1. The van der Waals surface area contributed by atoms with E-state index in [-0.39, 0.29) is 17.9 Å². The molecule has 0 aliphatic carbocycles. The average molecular weight is 275 g/mol. The van der Waals surface area contributed by atoms with Gasteiger partial charge in [-0.2, -0.15) is 0 Å². The summed E-state index contributed by atoms with van der Waals surface area (Å²) in [6.07, 6.45) is 0. The smallest absolute Gasteiger partial charge is 0.253 e. The Morgan fingerprint density at radius 2 is 1.70 bits per heavy atom. The molecular formula is C15H21N3O2. The van der Waals surface area contributed by atoms with Crippen LogP contribution in [0.5, 0.6) is 0 Å². The van der Waals surface area contributed by atoms with Gasteiger partial charge in [-0.25, -0.2) is 0 Å². The second-order valence-corrected chi connectivity index (χ2v) is 4.98. The van der Waals surface area contributed by atoms with Gasteiger partial charge in [-0.3, -0.25) is 14.5 Å². The lowest BCUT2D eigenvalue weighted by atomic mass is 10.1. The fraction of sp³-hybridized carbons (Fsp3) is 0.467. The summed E-state index contributed by atoms with van der Waals surface area (Å²) in [6, 6.07) is 9.17. The summed E-state index contributed by atoms with van der Waals surface area (Å²) in [5.74, 6) is 0.0886. The van der Waals surface area contributed by atoms with Crippen molar-refractivity contribution in [3.05, 3.63) is 35.9 Å². The molecule has 1 heterocycles. The Balaban J connectivity index is 1.91. The van der Waals surface area contributed by atoms with E-state index >= 15 is 0 Å². The summed E-state index contributed by atoms with van der Waals surface area (Å²) in [7, 11) is 1.65. The molecule has 0 saturated carbocycles. The molecule has 0 radical (unpaired) electrons. The van der Waals surface area contributed by atoms with Gasteiger partial charge in [-0.05, 0) is 19.1 Å². The average Bonchev–Trinajstić information content (AvgIpc) is 2.53. The number of nitrogens with one attached hydrogen (secondary N) is 1. The van der Waals surface area contributed by atoms with Gasteiger partial charge in [0.2, 0.25) is 5.91 Å². The predicted molar refractivity (Wildman–Crippen MR) is 77.4 cm³/mol. The van der Waals surface area contributed by atoms with Crippen LogP contribution in [0, 0.1) is 0 Å². The van der Waals surface area contributed by atoms with Crippen molar-refractivity contribution in [2.24, 2.45) is 0 Å². The maximum atomic E-state index is 12.3. The third-order valence-electron chi connectivity index (χ3n) is 3.80. The highest BCUT2D eigenvalue weighted by atomic mass is 16.2. The zero-order valence-corrected chi connectivity index (χ0v) is 12.0. The molecule has 2 rings (SSSR count). The third kappa shape index (κ3) is 3.17. The molecule has 5 nitrogen and oxygen atoms in total. The van der Waals surface area contributed by atoms with Crippen LogP contribution in [0.3, 0.4) is 0 Å². The van der Waals surface area contributed by atoms with Gasteiger partial charge in [0.25, 0.3) is 5.91 Å². The number of likely N-dealkylation sites (N-methyl/N-ethyl adjacent to an activating group) is 1. The molecule has 1 N–H and O–H groups in total. The lowest BCUT2D eigenvalue weighted by Gasteiger charge is -2.37. The largest absolute Gasteiger partial charge is 0.358 e. The fourth-order valence-electron chi connectivity index (χ4n) is 2.45. The number of amides is 2. The molecule has 1 saturated heterocycles. The van der Waals surface area contributed by atoms with Gasteiger partial charge in [-0.15, -0.1) is 0 Å². The summed E-state index contributed by atoms with van der Waals surface area (Å²) in [5, 5.41) is 2.66. The minimum Gasteiger partial charge on any atom is -0.358 e. The van der Waals surface area contributed by atoms with Crippen LogP contribution in [0.15, 0.2) is 30.3 Å². The number of piperazine rings is 1. The van der Waals surface area contributed by atoms with Crippen LogP contribution >= 0.6 is 0 Å². The van der Waals surface area contributed by atoms with Gasteiger partial charge in [0.05, 0.1) is 6.04 Å². The summed E-state index contributed by atoms with van der Waals surface area (Å²) in [5.41, 5.74) is 0.722. The van der Waals surface area contributed by atoms with Crippen molar-refractivity contribution in [2.75, 3.05) is 33.2 Å². The van der Waals surface area contributed by atoms with Gasteiger partial charge in [0.1, 0.15) is 0 Å². The van der Waals surface area contributed by atoms with E-state index in [2.05, 4.69) is 10.2 Å². The minimum atomic E-state index is -0.144. The van der Waals surface area contributed by atoms with E-state index in [1.165, 1.54) is 0 Å². The molecule has 1 aliphatic rings. The SMILES string of the molecule is CNC(=O)[C@H](C)N1CCN(C(=O)c2ccccc2)CC1. The van der Waals surface area contributed by atoms with Crippen LogP contribution in [0.25, 0.3) is 0 Å². The molecule has 0 bridgehead atoms. The van der Waals surface area contributed by atoms with E-state index < -0.39 is 0 Å². The first-order chi connectivity index (χ1) is 9.63. The standard InChI is InChI=1S/C15H21N3O2/c1-12(14(19)16-2)17-8-10-18(11-9-17)15(20)13-6-4-3-5-7-13/h3-7,12H,8-11H2,1-2H3,(H,16,19)/t12-/m0/s1. The van der Waals surface area contributed by atoms with Crippen molar-refractivity contribution in [1.82, 2.24) is 15.1 Å². The summed E-state index contributed by atoms with van der Waals surface area (Å²) >= 11 is 0. The molecule has 0 unspecified atom stereocenters. The Kier molecular flexibility index (Phi) is 4.74. The van der Waals surface area contributed by atoms with Gasteiger partial charge < -0.3 is 10.2 Å². The first-order valence-electron chi connectivity index (χ1n) is 6.93. The zero-order valence-electron chi connectivity index (χ0n) is 12.0. The molecule has 0 spiro atoms. The Hall–Kier alpha value is -1.88. The van der Waals surface area contributed by atoms with Crippen molar-refractivity contribution in [2.45, 2.75) is 13.0 Å². The fourth-order valence-corrected chi connectivity index (χ4v) is 2.45. The van der Waals surface area contributed by atoms with Crippen LogP contribution in [-0.2, 0) is 4.79 Å². The van der Waals surface area contributed by atoms with Crippen LogP contribution in [0.4, 0.5) is 0 Å². The molecule has 1 aromatic carbocycles. The summed E-state index contributed by atoms with van der Waals surface area (Å²) in [4.78, 5) is 27.9. The number of hydrogen-bond acceptors (Lipinski definition) is 3. The maximum Gasteiger partial charge on any atom is 0.253 e. The van der Waals surface area contributed by atoms with Crippen LogP contribution in [0.2, 0.25) is 0 Å². The molecule has 1 fully saturated rings. The Labute approximate surface area is 119 Å². The van der Waals surface area contributed by atoms with Crippen molar-refractivity contribution in [1.29, 1.82) is 0 Å². The third-order valence-corrected chi connectivity index (χ3v) is 3.80. The van der Waals surface area contributed by atoms with Gasteiger partial charge in [-0.1, -0.05) is 18.2 Å². The van der Waals surface area contributed by atoms with E-state index in [1.807, 2.05) is 42.2 Å². The topological polar surface area (TPSA) is 52.7 Å². The van der Waals surface area contributed by atoms with E-state index in [0.29, 0.717) is 13.1 Å². The predicted octanol–water partition coefficient (Wildman–Crippen LogP) is 0.579. The first kappa shape index (κ1) is 14.5.